The molecule has 1 saturated carbocycles. The van der Waals surface area contributed by atoms with Crippen molar-refractivity contribution in [1.29, 1.82) is 0 Å². The van der Waals surface area contributed by atoms with Gasteiger partial charge >= 0.3 is 0 Å². The van der Waals surface area contributed by atoms with Crippen molar-refractivity contribution in [2.45, 2.75) is 25.3 Å². The van der Waals surface area contributed by atoms with E-state index in [0.717, 1.165) is 24.5 Å². The smallest absolute Gasteiger partial charge is 0.125 e. The Kier molecular flexibility index (Phi) is 1.73. The van der Waals surface area contributed by atoms with Crippen LogP contribution in [0.15, 0.2) is 18.2 Å². The lowest BCUT2D eigenvalue weighted by Crippen LogP contribution is -2.46. The topological polar surface area (TPSA) is 15.3 Å². The van der Waals surface area contributed by atoms with Gasteiger partial charge in [0.2, 0.25) is 0 Å². The molecule has 1 spiro atoms. The van der Waals surface area contributed by atoms with E-state index in [1.54, 1.807) is 12.1 Å². The van der Waals surface area contributed by atoms with Gasteiger partial charge in [-0.2, -0.15) is 0 Å². The van der Waals surface area contributed by atoms with E-state index in [1.807, 2.05) is 6.07 Å². The van der Waals surface area contributed by atoms with Gasteiger partial charge in [-0.1, -0.05) is 0 Å². The zero-order valence-corrected chi connectivity index (χ0v) is 8.89. The molecule has 3 rings (SSSR count). The van der Waals surface area contributed by atoms with Gasteiger partial charge in [-0.05, 0) is 38.0 Å². The lowest BCUT2D eigenvalue weighted by Gasteiger charge is -2.39. The largest absolute Gasteiger partial charge is 0.381 e. The number of benzene rings is 1. The minimum absolute atomic E-state index is 0.163. The van der Waals surface area contributed by atoms with Crippen LogP contribution < -0.4 is 10.2 Å². The number of likely N-dealkylation sites (N-methyl/N-ethyl adjacent to an activating group) is 1. The molecule has 0 amide bonds. The standard InChI is InChI=1S/C12H15FN2/c1-2-15-11-4-3-9(13)7-10(11)14-8-12(15)5-6-12/h3-4,7,14H,2,5-6,8H2,1H3. The predicted molar refractivity (Wildman–Crippen MR) is 59.9 cm³/mol. The molecular weight excluding hydrogens is 191 g/mol. The number of nitrogens with one attached hydrogen (secondary N) is 1. The Balaban J connectivity index is 2.06. The van der Waals surface area contributed by atoms with Gasteiger partial charge in [-0.15, -0.1) is 0 Å². The van der Waals surface area contributed by atoms with Gasteiger partial charge in [0.05, 0.1) is 16.9 Å². The third-order valence-electron chi connectivity index (χ3n) is 3.57. The Morgan fingerprint density at radius 3 is 2.93 bits per heavy atom. The first-order valence-electron chi connectivity index (χ1n) is 5.56. The summed E-state index contributed by atoms with van der Waals surface area (Å²) < 4.78 is 13.1. The van der Waals surface area contributed by atoms with Crippen LogP contribution in [-0.4, -0.2) is 18.6 Å². The zero-order chi connectivity index (χ0) is 10.5. The summed E-state index contributed by atoms with van der Waals surface area (Å²) in [6, 6.07) is 5.03. The molecule has 1 N–H and O–H groups in total. The molecule has 15 heavy (non-hydrogen) atoms. The molecule has 1 aliphatic heterocycles. The fourth-order valence-corrected chi connectivity index (χ4v) is 2.59. The second-order valence-corrected chi connectivity index (χ2v) is 4.48. The Bertz CT molecular complexity index is 399. The lowest BCUT2D eigenvalue weighted by molar-refractivity contribution is 0.597. The monoisotopic (exact) mass is 206 g/mol. The van der Waals surface area contributed by atoms with Crippen molar-refractivity contribution in [3.8, 4) is 0 Å². The van der Waals surface area contributed by atoms with Crippen molar-refractivity contribution in [2.75, 3.05) is 23.3 Å². The quantitative estimate of drug-likeness (QED) is 0.759. The number of hydrogen-bond acceptors (Lipinski definition) is 2. The molecular formula is C12H15FN2. The molecule has 2 nitrogen and oxygen atoms in total. The number of fused-ring (bicyclic) bond motifs is 1. The van der Waals surface area contributed by atoms with Crippen LogP contribution in [0.25, 0.3) is 0 Å². The van der Waals surface area contributed by atoms with Gasteiger partial charge in [0.1, 0.15) is 5.82 Å². The number of halogens is 1. The highest BCUT2D eigenvalue weighted by Crippen LogP contribution is 2.49. The van der Waals surface area contributed by atoms with E-state index < -0.39 is 0 Å². The predicted octanol–water partition coefficient (Wildman–Crippen LogP) is 2.61. The summed E-state index contributed by atoms with van der Waals surface area (Å²) in [5, 5.41) is 3.34. The first kappa shape index (κ1) is 9.01. The summed E-state index contributed by atoms with van der Waals surface area (Å²) in [6.45, 7) is 4.12. The maximum absolute atomic E-state index is 13.1. The molecule has 0 atom stereocenters. The van der Waals surface area contributed by atoms with Crippen molar-refractivity contribution in [2.24, 2.45) is 0 Å². The minimum atomic E-state index is -0.163. The van der Waals surface area contributed by atoms with Crippen LogP contribution in [0.2, 0.25) is 0 Å². The van der Waals surface area contributed by atoms with Crippen LogP contribution in [0.1, 0.15) is 19.8 Å². The first-order valence-corrected chi connectivity index (χ1v) is 5.56. The number of hydrogen-bond donors (Lipinski definition) is 1. The normalized spacial score (nSPS) is 21.1. The van der Waals surface area contributed by atoms with Crippen molar-refractivity contribution in [3.05, 3.63) is 24.0 Å². The van der Waals surface area contributed by atoms with E-state index >= 15 is 0 Å². The van der Waals surface area contributed by atoms with Gasteiger partial charge in [0.15, 0.2) is 0 Å². The Morgan fingerprint density at radius 1 is 1.47 bits per heavy atom. The van der Waals surface area contributed by atoms with Gasteiger partial charge in [0.25, 0.3) is 0 Å². The van der Waals surface area contributed by atoms with Crippen LogP contribution >= 0.6 is 0 Å². The van der Waals surface area contributed by atoms with Crippen LogP contribution in [0.3, 0.4) is 0 Å². The number of anilines is 2. The summed E-state index contributed by atoms with van der Waals surface area (Å²) >= 11 is 0. The Hall–Kier alpha value is -1.25. The van der Waals surface area contributed by atoms with Crippen LogP contribution in [0.4, 0.5) is 15.8 Å². The third kappa shape index (κ3) is 1.22. The summed E-state index contributed by atoms with van der Waals surface area (Å²) in [5.74, 6) is -0.163. The van der Waals surface area contributed by atoms with Crippen molar-refractivity contribution >= 4 is 11.4 Å². The summed E-state index contributed by atoms with van der Waals surface area (Å²) in [5.41, 5.74) is 2.43. The van der Waals surface area contributed by atoms with Crippen molar-refractivity contribution in [1.82, 2.24) is 0 Å². The van der Waals surface area contributed by atoms with Gasteiger partial charge in [-0.25, -0.2) is 4.39 Å². The van der Waals surface area contributed by atoms with Crippen LogP contribution in [-0.2, 0) is 0 Å². The molecule has 1 fully saturated rings. The molecule has 2 aliphatic rings. The second kappa shape index (κ2) is 2.87. The fourth-order valence-electron chi connectivity index (χ4n) is 2.59. The number of rotatable bonds is 1. The molecule has 1 aliphatic carbocycles. The van der Waals surface area contributed by atoms with Gasteiger partial charge in [-0.3, -0.25) is 0 Å². The molecule has 0 radical (unpaired) electrons. The van der Waals surface area contributed by atoms with E-state index in [9.17, 15) is 4.39 Å². The molecule has 0 aromatic heterocycles. The highest BCUT2D eigenvalue weighted by molar-refractivity contribution is 5.74. The van der Waals surface area contributed by atoms with Gasteiger partial charge in [0, 0.05) is 13.1 Å². The number of nitrogens with zero attached hydrogens (tertiary/aromatic N) is 1. The molecule has 1 aromatic carbocycles. The van der Waals surface area contributed by atoms with E-state index in [1.165, 1.54) is 12.8 Å². The van der Waals surface area contributed by atoms with E-state index in [0.29, 0.717) is 5.54 Å². The Morgan fingerprint density at radius 2 is 2.27 bits per heavy atom. The van der Waals surface area contributed by atoms with Crippen LogP contribution in [0, 0.1) is 5.82 Å². The lowest BCUT2D eigenvalue weighted by atomic mass is 10.1. The first-order chi connectivity index (χ1) is 7.25. The third-order valence-corrected chi connectivity index (χ3v) is 3.57. The molecule has 3 heteroatoms. The highest BCUT2D eigenvalue weighted by Gasteiger charge is 2.49. The molecule has 80 valence electrons. The summed E-state index contributed by atoms with van der Waals surface area (Å²) in [7, 11) is 0. The molecule has 0 saturated heterocycles. The van der Waals surface area contributed by atoms with Crippen LogP contribution in [0.5, 0.6) is 0 Å². The van der Waals surface area contributed by atoms with Gasteiger partial charge < -0.3 is 10.2 Å². The summed E-state index contributed by atoms with van der Waals surface area (Å²) in [4.78, 5) is 2.41. The average molecular weight is 206 g/mol. The van der Waals surface area contributed by atoms with E-state index in [-0.39, 0.29) is 5.82 Å². The van der Waals surface area contributed by atoms with Crippen molar-refractivity contribution < 1.29 is 4.39 Å². The minimum Gasteiger partial charge on any atom is -0.381 e. The maximum atomic E-state index is 13.1. The highest BCUT2D eigenvalue weighted by atomic mass is 19.1. The van der Waals surface area contributed by atoms with E-state index in [2.05, 4.69) is 17.1 Å². The fraction of sp³-hybridized carbons (Fsp3) is 0.500. The zero-order valence-electron chi connectivity index (χ0n) is 8.89. The van der Waals surface area contributed by atoms with E-state index in [4.69, 9.17) is 0 Å². The molecule has 1 aromatic rings. The average Bonchev–Trinajstić information content (AvgIpc) is 2.99. The second-order valence-electron chi connectivity index (χ2n) is 4.48. The molecule has 1 heterocycles. The molecule has 0 bridgehead atoms. The Labute approximate surface area is 89.1 Å². The van der Waals surface area contributed by atoms with Crippen molar-refractivity contribution in [3.63, 3.8) is 0 Å². The maximum Gasteiger partial charge on any atom is 0.125 e. The summed E-state index contributed by atoms with van der Waals surface area (Å²) in [6.07, 6.45) is 2.51. The molecule has 0 unspecified atom stereocenters. The SMILES string of the molecule is CCN1c2ccc(F)cc2NCC12CC2.